The van der Waals surface area contributed by atoms with Crippen molar-refractivity contribution in [1.29, 1.82) is 0 Å². The van der Waals surface area contributed by atoms with Gasteiger partial charge in [0.2, 0.25) is 5.95 Å². The van der Waals surface area contributed by atoms with Crippen LogP contribution in [0.1, 0.15) is 32.1 Å². The number of nitrogens with one attached hydrogen (secondary N) is 1. The van der Waals surface area contributed by atoms with Crippen LogP contribution in [0, 0.1) is 6.92 Å². The van der Waals surface area contributed by atoms with Gasteiger partial charge in [0, 0.05) is 44.5 Å². The minimum atomic E-state index is -0.0578. The molecule has 1 saturated heterocycles. The number of aryl methyl sites for hydroxylation is 1. The molecule has 0 aliphatic carbocycles. The normalized spacial score (nSPS) is 19.9. The molecule has 0 spiro atoms. The molecule has 0 aromatic carbocycles. The lowest BCUT2D eigenvalue weighted by Crippen LogP contribution is -2.52. The number of hydrogen-bond donors (Lipinski definition) is 2. The summed E-state index contributed by atoms with van der Waals surface area (Å²) in [5.74, 6) is 3.05. The number of piperidine rings is 1. The number of aromatic nitrogens is 5. The van der Waals surface area contributed by atoms with E-state index in [2.05, 4.69) is 48.6 Å². The molecule has 3 aromatic heterocycles. The minimum Gasteiger partial charge on any atom is -0.380 e. The van der Waals surface area contributed by atoms with Gasteiger partial charge in [0.15, 0.2) is 0 Å². The highest BCUT2D eigenvalue weighted by Crippen LogP contribution is 2.24. The predicted molar refractivity (Wildman–Crippen MR) is 114 cm³/mol. The van der Waals surface area contributed by atoms with E-state index in [-0.39, 0.29) is 12.1 Å². The Balaban J connectivity index is 1.56. The molecule has 2 atom stereocenters. The number of nitrogens with zero attached hydrogens (tertiary/aromatic N) is 6. The van der Waals surface area contributed by atoms with Crippen molar-refractivity contribution < 1.29 is 4.74 Å². The van der Waals surface area contributed by atoms with E-state index in [0.29, 0.717) is 24.4 Å². The van der Waals surface area contributed by atoms with E-state index in [1.807, 2.05) is 19.1 Å². The maximum atomic E-state index is 6.22. The van der Waals surface area contributed by atoms with Gasteiger partial charge in [-0.1, -0.05) is 0 Å². The van der Waals surface area contributed by atoms with Crippen molar-refractivity contribution in [2.45, 2.75) is 45.4 Å². The number of methoxy groups -OCH3 is 1. The van der Waals surface area contributed by atoms with Crippen molar-refractivity contribution in [3.63, 3.8) is 0 Å². The minimum absolute atomic E-state index is 0.0578. The molecule has 1 aliphatic heterocycles. The fourth-order valence-electron chi connectivity index (χ4n) is 3.98. The molecule has 9 heteroatoms. The van der Waals surface area contributed by atoms with Crippen LogP contribution in [0.2, 0.25) is 0 Å². The summed E-state index contributed by atoms with van der Waals surface area (Å²) in [5, 5.41) is 3.30. The van der Waals surface area contributed by atoms with E-state index >= 15 is 0 Å². The molecular formula is C20H28N8O. The number of imidazole rings is 1. The van der Waals surface area contributed by atoms with Gasteiger partial charge in [0.05, 0.1) is 17.8 Å². The topological polar surface area (TPSA) is 107 Å². The Morgan fingerprint density at radius 3 is 2.79 bits per heavy atom. The Labute approximate surface area is 170 Å². The first kappa shape index (κ1) is 19.5. The van der Waals surface area contributed by atoms with Gasteiger partial charge in [-0.3, -0.25) is 0 Å². The first-order chi connectivity index (χ1) is 14.0. The monoisotopic (exact) mass is 396 g/mol. The lowest BCUT2D eigenvalue weighted by atomic mass is 10.0. The molecule has 154 valence electrons. The first-order valence-corrected chi connectivity index (χ1v) is 9.94. The Bertz CT molecular complexity index is 1000. The molecule has 9 nitrogen and oxygen atoms in total. The summed E-state index contributed by atoms with van der Waals surface area (Å²) in [6, 6.07) is 4.11. The third-order valence-electron chi connectivity index (χ3n) is 5.35. The van der Waals surface area contributed by atoms with Crippen LogP contribution in [0.25, 0.3) is 11.0 Å². The molecule has 0 saturated carbocycles. The van der Waals surface area contributed by atoms with Crippen LogP contribution in [0.4, 0.5) is 17.6 Å². The molecule has 29 heavy (non-hydrogen) atoms. The molecular weight excluding hydrogens is 368 g/mol. The highest BCUT2D eigenvalue weighted by atomic mass is 16.5. The van der Waals surface area contributed by atoms with E-state index in [9.17, 15) is 0 Å². The van der Waals surface area contributed by atoms with Crippen molar-refractivity contribution in [3.05, 3.63) is 30.4 Å². The van der Waals surface area contributed by atoms with E-state index < -0.39 is 0 Å². The van der Waals surface area contributed by atoms with Crippen LogP contribution in [0.3, 0.4) is 0 Å². The fourth-order valence-corrected chi connectivity index (χ4v) is 3.98. The summed E-state index contributed by atoms with van der Waals surface area (Å²) < 4.78 is 7.64. The fraction of sp³-hybridized carbons (Fsp3) is 0.500. The second-order valence-corrected chi connectivity index (χ2v) is 7.72. The number of nitrogens with two attached hydrogens (primary N) is 1. The van der Waals surface area contributed by atoms with Crippen LogP contribution in [-0.2, 0) is 4.74 Å². The second kappa shape index (κ2) is 7.92. The van der Waals surface area contributed by atoms with Gasteiger partial charge in [-0.25, -0.2) is 15.0 Å². The standard InChI is InChI=1S/C20H28N8O/c1-12(2)28-13(3)24-15-10-23-19(9-16(15)28)25-18-5-7-22-20(26-18)27-8-6-17(29-4)14(21)11-27/h5,7,9-10,12,14,17H,6,8,11,21H2,1-4H3,(H,22,23,25,26)/t14-,17-/m1/s1. The molecule has 3 aromatic rings. The summed E-state index contributed by atoms with van der Waals surface area (Å²) in [6.45, 7) is 7.79. The molecule has 0 radical (unpaired) electrons. The average Bonchev–Trinajstić information content (AvgIpc) is 3.03. The third-order valence-corrected chi connectivity index (χ3v) is 5.35. The van der Waals surface area contributed by atoms with E-state index in [1.165, 1.54) is 0 Å². The number of hydrogen-bond acceptors (Lipinski definition) is 8. The number of anilines is 3. The van der Waals surface area contributed by atoms with Gasteiger partial charge < -0.3 is 25.3 Å². The van der Waals surface area contributed by atoms with Gasteiger partial charge in [-0.15, -0.1) is 0 Å². The molecule has 4 heterocycles. The maximum absolute atomic E-state index is 6.22. The van der Waals surface area contributed by atoms with Crippen LogP contribution in [0.5, 0.6) is 0 Å². The Morgan fingerprint density at radius 2 is 2.07 bits per heavy atom. The molecule has 1 aliphatic rings. The summed E-state index contributed by atoms with van der Waals surface area (Å²) in [6.07, 6.45) is 4.48. The number of fused-ring (bicyclic) bond motifs is 1. The third kappa shape index (κ3) is 3.88. The molecule has 0 unspecified atom stereocenters. The van der Waals surface area contributed by atoms with Gasteiger partial charge >= 0.3 is 0 Å². The summed E-state index contributed by atoms with van der Waals surface area (Å²) in [7, 11) is 1.71. The smallest absolute Gasteiger partial charge is 0.227 e. The van der Waals surface area contributed by atoms with E-state index in [1.54, 1.807) is 19.5 Å². The zero-order valence-electron chi connectivity index (χ0n) is 17.3. The van der Waals surface area contributed by atoms with Crippen LogP contribution in [0.15, 0.2) is 24.5 Å². The SMILES string of the molecule is CO[C@@H]1CCN(c2nccc(Nc3cc4c(cn3)nc(C)n4C(C)C)n2)C[C@H]1N. The molecule has 3 N–H and O–H groups in total. The predicted octanol–water partition coefficient (Wildman–Crippen LogP) is 2.41. The van der Waals surface area contributed by atoms with Gasteiger partial charge in [-0.05, 0) is 33.3 Å². The lowest BCUT2D eigenvalue weighted by molar-refractivity contribution is 0.0662. The number of pyridine rings is 1. The van der Waals surface area contributed by atoms with Gasteiger partial charge in [-0.2, -0.15) is 4.98 Å². The van der Waals surface area contributed by atoms with Crippen molar-refractivity contribution in [1.82, 2.24) is 24.5 Å². The quantitative estimate of drug-likeness (QED) is 0.677. The summed E-state index contributed by atoms with van der Waals surface area (Å²) >= 11 is 0. The maximum Gasteiger partial charge on any atom is 0.227 e. The number of rotatable bonds is 5. The van der Waals surface area contributed by atoms with Crippen molar-refractivity contribution in [2.75, 3.05) is 30.4 Å². The Hall–Kier alpha value is -2.78. The van der Waals surface area contributed by atoms with Gasteiger partial charge in [0.25, 0.3) is 0 Å². The van der Waals surface area contributed by atoms with Crippen molar-refractivity contribution in [2.24, 2.45) is 5.73 Å². The summed E-state index contributed by atoms with van der Waals surface area (Å²) in [5.41, 5.74) is 8.16. The van der Waals surface area contributed by atoms with E-state index in [4.69, 9.17) is 10.5 Å². The van der Waals surface area contributed by atoms with Gasteiger partial charge in [0.1, 0.15) is 23.0 Å². The largest absolute Gasteiger partial charge is 0.380 e. The van der Waals surface area contributed by atoms with E-state index in [0.717, 1.165) is 35.6 Å². The zero-order chi connectivity index (χ0) is 20.5. The van der Waals surface area contributed by atoms with Crippen molar-refractivity contribution >= 4 is 28.6 Å². The molecule has 0 amide bonds. The van der Waals surface area contributed by atoms with Crippen LogP contribution >= 0.6 is 0 Å². The average molecular weight is 396 g/mol. The molecule has 0 bridgehead atoms. The second-order valence-electron chi connectivity index (χ2n) is 7.72. The first-order valence-electron chi connectivity index (χ1n) is 9.94. The Morgan fingerprint density at radius 1 is 1.24 bits per heavy atom. The van der Waals surface area contributed by atoms with Crippen LogP contribution in [-0.4, -0.2) is 56.8 Å². The highest BCUT2D eigenvalue weighted by molar-refractivity contribution is 5.79. The summed E-state index contributed by atoms with van der Waals surface area (Å²) in [4.78, 5) is 20.3. The lowest BCUT2D eigenvalue weighted by Gasteiger charge is -2.35. The highest BCUT2D eigenvalue weighted by Gasteiger charge is 2.27. The zero-order valence-corrected chi connectivity index (χ0v) is 17.3. The molecule has 4 rings (SSSR count). The Kier molecular flexibility index (Phi) is 5.33. The van der Waals surface area contributed by atoms with Crippen molar-refractivity contribution in [3.8, 4) is 0 Å². The number of ether oxygens (including phenoxy) is 1. The molecule has 1 fully saturated rings. The van der Waals surface area contributed by atoms with Crippen LogP contribution < -0.4 is 16.0 Å².